The number of H-pyrrole nitrogens is 1. The van der Waals surface area contributed by atoms with E-state index in [1.54, 1.807) is 6.26 Å². The molecule has 0 aliphatic rings. The zero-order valence-corrected chi connectivity index (χ0v) is 11.1. The van der Waals surface area contributed by atoms with Crippen molar-refractivity contribution in [2.75, 3.05) is 0 Å². The standard InChI is InChI=1S/C11H7BrClN3O/c1-5-6(4-17-16-5)11-14-9-2-7(12)8(13)3-10(9)15-11/h2-4H,1H3,(H,14,15). The van der Waals surface area contributed by atoms with Crippen molar-refractivity contribution < 1.29 is 4.52 Å². The van der Waals surface area contributed by atoms with Crippen LogP contribution in [0.1, 0.15) is 5.69 Å². The van der Waals surface area contributed by atoms with Crippen LogP contribution in [-0.4, -0.2) is 15.1 Å². The summed E-state index contributed by atoms with van der Waals surface area (Å²) in [6, 6.07) is 3.71. The van der Waals surface area contributed by atoms with Crippen LogP contribution in [0.15, 0.2) is 27.4 Å². The molecule has 0 bridgehead atoms. The van der Waals surface area contributed by atoms with Gasteiger partial charge in [0.1, 0.15) is 12.1 Å². The number of benzene rings is 1. The number of imidazole rings is 1. The number of aromatic amines is 1. The fraction of sp³-hybridized carbons (Fsp3) is 0.0909. The van der Waals surface area contributed by atoms with Crippen LogP contribution in [-0.2, 0) is 0 Å². The number of aryl methyl sites for hydroxylation is 1. The molecule has 0 saturated heterocycles. The lowest BCUT2D eigenvalue weighted by atomic mass is 10.2. The van der Waals surface area contributed by atoms with Gasteiger partial charge in [-0.25, -0.2) is 4.98 Å². The Balaban J connectivity index is 2.24. The van der Waals surface area contributed by atoms with Gasteiger partial charge in [-0.1, -0.05) is 16.8 Å². The van der Waals surface area contributed by atoms with E-state index >= 15 is 0 Å². The molecule has 2 heterocycles. The van der Waals surface area contributed by atoms with Gasteiger partial charge in [0.25, 0.3) is 0 Å². The quantitative estimate of drug-likeness (QED) is 0.740. The number of rotatable bonds is 1. The van der Waals surface area contributed by atoms with E-state index in [0.29, 0.717) is 5.02 Å². The normalized spacial score (nSPS) is 11.2. The number of halogens is 2. The van der Waals surface area contributed by atoms with Crippen LogP contribution >= 0.6 is 27.5 Å². The third-order valence-electron chi connectivity index (χ3n) is 2.53. The Bertz CT molecular complexity index is 665. The molecule has 86 valence electrons. The molecule has 3 aromatic rings. The third kappa shape index (κ3) is 1.75. The fourth-order valence-electron chi connectivity index (χ4n) is 1.65. The second-order valence-corrected chi connectivity index (χ2v) is 4.94. The van der Waals surface area contributed by atoms with E-state index in [-0.39, 0.29) is 0 Å². The predicted molar refractivity (Wildman–Crippen MR) is 69.0 cm³/mol. The van der Waals surface area contributed by atoms with Crippen LogP contribution in [0.25, 0.3) is 22.4 Å². The molecule has 0 aliphatic heterocycles. The minimum absolute atomic E-state index is 0.648. The van der Waals surface area contributed by atoms with E-state index in [1.165, 1.54) is 0 Å². The van der Waals surface area contributed by atoms with Crippen molar-refractivity contribution in [2.24, 2.45) is 0 Å². The molecule has 3 rings (SSSR count). The zero-order valence-electron chi connectivity index (χ0n) is 8.79. The molecule has 0 saturated carbocycles. The van der Waals surface area contributed by atoms with Crippen molar-refractivity contribution in [1.29, 1.82) is 0 Å². The molecule has 0 spiro atoms. The molecule has 0 atom stereocenters. The summed E-state index contributed by atoms with van der Waals surface area (Å²) in [6.45, 7) is 1.87. The molecular formula is C11H7BrClN3O. The van der Waals surface area contributed by atoms with Gasteiger partial charge in [-0.2, -0.15) is 0 Å². The van der Waals surface area contributed by atoms with Gasteiger partial charge in [0.15, 0.2) is 0 Å². The zero-order chi connectivity index (χ0) is 12.0. The largest absolute Gasteiger partial charge is 0.364 e. The summed E-state index contributed by atoms with van der Waals surface area (Å²) in [4.78, 5) is 7.66. The maximum absolute atomic E-state index is 6.03. The number of nitrogens with zero attached hydrogens (tertiary/aromatic N) is 2. The molecule has 17 heavy (non-hydrogen) atoms. The highest BCUT2D eigenvalue weighted by atomic mass is 79.9. The summed E-state index contributed by atoms with van der Waals surface area (Å²) < 4.78 is 5.72. The Labute approximate surface area is 110 Å². The Hall–Kier alpha value is -1.33. The number of aromatic nitrogens is 3. The van der Waals surface area contributed by atoms with Crippen LogP contribution in [0.3, 0.4) is 0 Å². The number of nitrogens with one attached hydrogen (secondary N) is 1. The Morgan fingerprint density at radius 1 is 1.41 bits per heavy atom. The van der Waals surface area contributed by atoms with Crippen LogP contribution < -0.4 is 0 Å². The van der Waals surface area contributed by atoms with Gasteiger partial charge < -0.3 is 9.51 Å². The summed E-state index contributed by atoms with van der Waals surface area (Å²) in [6.07, 6.45) is 1.57. The van der Waals surface area contributed by atoms with E-state index in [4.69, 9.17) is 16.1 Å². The maximum Gasteiger partial charge on any atom is 0.143 e. The highest BCUT2D eigenvalue weighted by Crippen LogP contribution is 2.29. The highest BCUT2D eigenvalue weighted by Gasteiger charge is 2.12. The summed E-state index contributed by atoms with van der Waals surface area (Å²) in [7, 11) is 0. The number of hydrogen-bond acceptors (Lipinski definition) is 3. The first-order chi connectivity index (χ1) is 8.15. The van der Waals surface area contributed by atoms with Crippen LogP contribution in [0.5, 0.6) is 0 Å². The van der Waals surface area contributed by atoms with Gasteiger partial charge in [-0.15, -0.1) is 0 Å². The lowest BCUT2D eigenvalue weighted by Crippen LogP contribution is -1.80. The molecule has 1 N–H and O–H groups in total. The first kappa shape index (κ1) is 10.8. The molecule has 0 fully saturated rings. The molecule has 2 aromatic heterocycles. The fourth-order valence-corrected chi connectivity index (χ4v) is 2.15. The molecule has 4 nitrogen and oxygen atoms in total. The van der Waals surface area contributed by atoms with E-state index in [2.05, 4.69) is 31.1 Å². The predicted octanol–water partition coefficient (Wildman–Crippen LogP) is 3.94. The van der Waals surface area contributed by atoms with E-state index in [1.807, 2.05) is 19.1 Å². The molecule has 0 radical (unpaired) electrons. The van der Waals surface area contributed by atoms with Crippen LogP contribution in [0, 0.1) is 6.92 Å². The lowest BCUT2D eigenvalue weighted by molar-refractivity contribution is 0.415. The smallest absolute Gasteiger partial charge is 0.143 e. The monoisotopic (exact) mass is 311 g/mol. The Morgan fingerprint density at radius 3 is 2.94 bits per heavy atom. The second-order valence-electron chi connectivity index (χ2n) is 3.68. The molecule has 1 aromatic carbocycles. The van der Waals surface area contributed by atoms with Crippen molar-refractivity contribution >= 4 is 38.6 Å². The van der Waals surface area contributed by atoms with Crippen molar-refractivity contribution in [2.45, 2.75) is 6.92 Å². The summed E-state index contributed by atoms with van der Waals surface area (Å²) >= 11 is 9.40. The minimum Gasteiger partial charge on any atom is -0.364 e. The van der Waals surface area contributed by atoms with E-state index in [0.717, 1.165) is 32.6 Å². The van der Waals surface area contributed by atoms with Gasteiger partial charge >= 0.3 is 0 Å². The van der Waals surface area contributed by atoms with Gasteiger partial charge in [0.2, 0.25) is 0 Å². The minimum atomic E-state index is 0.648. The van der Waals surface area contributed by atoms with E-state index in [9.17, 15) is 0 Å². The lowest BCUT2D eigenvalue weighted by Gasteiger charge is -1.93. The summed E-state index contributed by atoms with van der Waals surface area (Å²) in [5, 5.41) is 4.48. The van der Waals surface area contributed by atoms with Gasteiger partial charge in [0.05, 0.1) is 27.3 Å². The Morgan fingerprint density at radius 2 is 2.24 bits per heavy atom. The summed E-state index contributed by atoms with van der Waals surface area (Å²) in [5.41, 5.74) is 3.38. The second kappa shape index (κ2) is 3.85. The van der Waals surface area contributed by atoms with Crippen LogP contribution in [0.4, 0.5) is 0 Å². The van der Waals surface area contributed by atoms with Crippen LogP contribution in [0.2, 0.25) is 5.02 Å². The highest BCUT2D eigenvalue weighted by molar-refractivity contribution is 9.10. The number of fused-ring (bicyclic) bond motifs is 1. The van der Waals surface area contributed by atoms with Gasteiger partial charge in [-0.3, -0.25) is 0 Å². The SMILES string of the molecule is Cc1nocc1-c1nc2cc(Br)c(Cl)cc2[nH]1. The molecule has 0 unspecified atom stereocenters. The van der Waals surface area contributed by atoms with Crippen molar-refractivity contribution in [3.8, 4) is 11.4 Å². The molecule has 0 aliphatic carbocycles. The topological polar surface area (TPSA) is 54.7 Å². The Kier molecular flexibility index (Phi) is 2.45. The maximum atomic E-state index is 6.03. The first-order valence-corrected chi connectivity index (χ1v) is 6.08. The molecule has 6 heteroatoms. The first-order valence-electron chi connectivity index (χ1n) is 4.91. The van der Waals surface area contributed by atoms with Crippen molar-refractivity contribution in [3.05, 3.63) is 33.6 Å². The van der Waals surface area contributed by atoms with Crippen molar-refractivity contribution in [1.82, 2.24) is 15.1 Å². The average molecular weight is 313 g/mol. The number of hydrogen-bond donors (Lipinski definition) is 1. The van der Waals surface area contributed by atoms with Gasteiger partial charge in [0, 0.05) is 4.47 Å². The van der Waals surface area contributed by atoms with Gasteiger partial charge in [-0.05, 0) is 35.0 Å². The summed E-state index contributed by atoms with van der Waals surface area (Å²) in [5.74, 6) is 0.730. The third-order valence-corrected chi connectivity index (χ3v) is 3.73. The average Bonchev–Trinajstić information content (AvgIpc) is 2.85. The van der Waals surface area contributed by atoms with E-state index < -0.39 is 0 Å². The molecular weight excluding hydrogens is 305 g/mol. The van der Waals surface area contributed by atoms with Crippen molar-refractivity contribution in [3.63, 3.8) is 0 Å². The molecule has 0 amide bonds.